The highest BCUT2D eigenvalue weighted by atomic mass is 16.0. The quantitative estimate of drug-likeness (QED) is 0.874. The monoisotopic (exact) mass is 370 g/mol. The molecule has 4 nitrogen and oxygen atoms in total. The number of aliphatic imine (C=N–C) groups is 1. The van der Waals surface area contributed by atoms with Crippen molar-refractivity contribution in [2.45, 2.75) is 45.6 Å². The highest BCUT2D eigenvalue weighted by molar-refractivity contribution is 5.97. The van der Waals surface area contributed by atoms with Crippen LogP contribution in [0.3, 0.4) is 0 Å². The summed E-state index contributed by atoms with van der Waals surface area (Å²) in [5.74, 6) is 0.593. The molecular weight excluding hydrogens is 336 g/mol. The van der Waals surface area contributed by atoms with Crippen LogP contribution in [0.25, 0.3) is 11.1 Å². The first-order valence-corrected chi connectivity index (χ1v) is 9.49. The lowest BCUT2D eigenvalue weighted by Crippen LogP contribution is -2.54. The molecule has 0 aromatic heterocycles. The Morgan fingerprint density at radius 2 is 1.81 bits per heavy atom. The molecule has 1 fully saturated rings. The van der Waals surface area contributed by atoms with E-state index in [0.717, 1.165) is 6.54 Å². The minimum atomic E-state index is -0.160. The molecule has 0 aliphatic carbocycles. The van der Waals surface area contributed by atoms with E-state index in [0.29, 0.717) is 5.92 Å². The molecule has 0 spiro atoms. The number of hydrogen-bond donors (Lipinski definition) is 1. The van der Waals surface area contributed by atoms with Crippen LogP contribution in [0.2, 0.25) is 0 Å². The standard InChI is InChI=1S/C23H30N2.2H2O/c1-5-9-19-14-15-25-23(3,22(19)24-4)20-12-13-21(17(2)16-20)18-10-7-6-8-11-18;;/h6-8,10-13,16,19,25H,5,9,14-15H2,1-4H3;2*1H2. The number of piperidine rings is 1. The van der Waals surface area contributed by atoms with Crippen molar-refractivity contribution in [1.29, 1.82) is 0 Å². The van der Waals surface area contributed by atoms with Crippen LogP contribution in [0.5, 0.6) is 0 Å². The Balaban J connectivity index is 0.00000182. The minimum absolute atomic E-state index is 0. The molecule has 27 heavy (non-hydrogen) atoms. The summed E-state index contributed by atoms with van der Waals surface area (Å²) in [6.45, 7) is 7.84. The summed E-state index contributed by atoms with van der Waals surface area (Å²) in [4.78, 5) is 4.74. The summed E-state index contributed by atoms with van der Waals surface area (Å²) in [7, 11) is 1.95. The smallest absolute Gasteiger partial charge is 0.0794 e. The van der Waals surface area contributed by atoms with Crippen molar-refractivity contribution in [2.75, 3.05) is 13.6 Å². The first-order chi connectivity index (χ1) is 12.1. The fourth-order valence-corrected chi connectivity index (χ4v) is 4.33. The molecule has 1 aliphatic heterocycles. The fourth-order valence-electron chi connectivity index (χ4n) is 4.33. The lowest BCUT2D eigenvalue weighted by molar-refractivity contribution is 0.377. The summed E-state index contributed by atoms with van der Waals surface area (Å²) in [5.41, 5.74) is 6.39. The summed E-state index contributed by atoms with van der Waals surface area (Å²) in [5, 5.41) is 3.76. The van der Waals surface area contributed by atoms with Gasteiger partial charge >= 0.3 is 0 Å². The van der Waals surface area contributed by atoms with E-state index < -0.39 is 0 Å². The Kier molecular flexibility index (Phi) is 8.35. The molecule has 0 radical (unpaired) electrons. The van der Waals surface area contributed by atoms with Gasteiger partial charge in [-0.15, -0.1) is 0 Å². The lowest BCUT2D eigenvalue weighted by Gasteiger charge is -2.41. The third-order valence-corrected chi connectivity index (χ3v) is 5.64. The zero-order valence-electron chi connectivity index (χ0n) is 17.0. The molecule has 5 N–H and O–H groups in total. The molecule has 3 rings (SSSR count). The number of hydrogen-bond acceptors (Lipinski definition) is 2. The van der Waals surface area contributed by atoms with Crippen molar-refractivity contribution in [2.24, 2.45) is 10.9 Å². The second-order valence-corrected chi connectivity index (χ2v) is 7.33. The minimum Gasteiger partial charge on any atom is -0.412 e. The van der Waals surface area contributed by atoms with Gasteiger partial charge in [0.1, 0.15) is 0 Å². The number of nitrogens with one attached hydrogen (secondary N) is 1. The summed E-state index contributed by atoms with van der Waals surface area (Å²) in [6, 6.07) is 17.5. The highest BCUT2D eigenvalue weighted by Crippen LogP contribution is 2.35. The van der Waals surface area contributed by atoms with Gasteiger partial charge in [0.2, 0.25) is 0 Å². The molecule has 2 atom stereocenters. The molecule has 1 aliphatic rings. The van der Waals surface area contributed by atoms with Gasteiger partial charge in [-0.25, -0.2) is 0 Å². The molecule has 0 amide bonds. The maximum atomic E-state index is 4.74. The fraction of sp³-hybridized carbons (Fsp3) is 0.435. The van der Waals surface area contributed by atoms with Gasteiger partial charge in [0.05, 0.1) is 5.54 Å². The van der Waals surface area contributed by atoms with E-state index in [9.17, 15) is 0 Å². The Labute approximate surface area is 163 Å². The molecule has 2 aromatic rings. The van der Waals surface area contributed by atoms with Gasteiger partial charge in [0.15, 0.2) is 0 Å². The van der Waals surface area contributed by atoms with E-state index in [2.05, 4.69) is 74.6 Å². The van der Waals surface area contributed by atoms with E-state index in [-0.39, 0.29) is 16.5 Å². The van der Waals surface area contributed by atoms with Crippen LogP contribution in [-0.4, -0.2) is 30.3 Å². The number of rotatable bonds is 4. The van der Waals surface area contributed by atoms with Crippen LogP contribution in [0.4, 0.5) is 0 Å². The molecular formula is C23H34N2O2. The van der Waals surface area contributed by atoms with E-state index in [1.165, 1.54) is 47.2 Å². The molecule has 2 aromatic carbocycles. The van der Waals surface area contributed by atoms with Gasteiger partial charge < -0.3 is 16.3 Å². The topological polar surface area (TPSA) is 87.4 Å². The average molecular weight is 371 g/mol. The van der Waals surface area contributed by atoms with E-state index >= 15 is 0 Å². The number of benzene rings is 2. The Morgan fingerprint density at radius 1 is 1.11 bits per heavy atom. The molecule has 148 valence electrons. The second kappa shape index (κ2) is 9.79. The summed E-state index contributed by atoms with van der Waals surface area (Å²) in [6.07, 6.45) is 3.63. The normalized spacial score (nSPS) is 23.4. The second-order valence-electron chi connectivity index (χ2n) is 7.33. The first-order valence-electron chi connectivity index (χ1n) is 9.49. The van der Waals surface area contributed by atoms with Crippen LogP contribution < -0.4 is 5.32 Å². The third-order valence-electron chi connectivity index (χ3n) is 5.64. The maximum absolute atomic E-state index is 4.74. The van der Waals surface area contributed by atoms with Crippen molar-refractivity contribution in [3.63, 3.8) is 0 Å². The Morgan fingerprint density at radius 3 is 2.41 bits per heavy atom. The lowest BCUT2D eigenvalue weighted by atomic mass is 9.74. The average Bonchev–Trinajstić information content (AvgIpc) is 2.63. The van der Waals surface area contributed by atoms with E-state index in [1.54, 1.807) is 0 Å². The molecule has 2 unspecified atom stereocenters. The molecule has 1 saturated heterocycles. The largest absolute Gasteiger partial charge is 0.412 e. The van der Waals surface area contributed by atoms with Crippen LogP contribution in [0, 0.1) is 12.8 Å². The Hall–Kier alpha value is -2.01. The predicted octanol–water partition coefficient (Wildman–Crippen LogP) is 3.71. The summed E-state index contributed by atoms with van der Waals surface area (Å²) < 4.78 is 0. The van der Waals surface area contributed by atoms with Crippen LogP contribution in [-0.2, 0) is 5.54 Å². The molecule has 4 heteroatoms. The van der Waals surface area contributed by atoms with Gasteiger partial charge in [-0.2, -0.15) is 0 Å². The van der Waals surface area contributed by atoms with E-state index in [4.69, 9.17) is 4.99 Å². The van der Waals surface area contributed by atoms with Crippen molar-refractivity contribution >= 4 is 5.71 Å². The van der Waals surface area contributed by atoms with Crippen molar-refractivity contribution in [1.82, 2.24) is 5.32 Å². The molecule has 0 bridgehead atoms. The SMILES string of the molecule is CCCC1CCNC(C)(c2ccc(-c3ccccc3)c(C)c2)C1=NC.O.O. The zero-order chi connectivity index (χ0) is 17.9. The number of aryl methyl sites for hydroxylation is 1. The first kappa shape index (κ1) is 23.0. The van der Waals surface area contributed by atoms with Gasteiger partial charge in [-0.3, -0.25) is 4.99 Å². The maximum Gasteiger partial charge on any atom is 0.0794 e. The highest BCUT2D eigenvalue weighted by Gasteiger charge is 2.39. The number of nitrogens with zero attached hydrogens (tertiary/aromatic N) is 1. The summed E-state index contributed by atoms with van der Waals surface area (Å²) >= 11 is 0. The van der Waals surface area contributed by atoms with Gasteiger partial charge in [0.25, 0.3) is 0 Å². The molecule has 1 heterocycles. The van der Waals surface area contributed by atoms with Crippen LogP contribution >= 0.6 is 0 Å². The van der Waals surface area contributed by atoms with Crippen LogP contribution in [0.1, 0.15) is 44.2 Å². The third kappa shape index (κ3) is 4.46. The van der Waals surface area contributed by atoms with Gasteiger partial charge in [-0.1, -0.05) is 61.9 Å². The van der Waals surface area contributed by atoms with E-state index in [1.807, 2.05) is 7.05 Å². The predicted molar refractivity (Wildman–Crippen MR) is 116 cm³/mol. The van der Waals surface area contributed by atoms with Crippen molar-refractivity contribution in [3.8, 4) is 11.1 Å². The van der Waals surface area contributed by atoms with Crippen LogP contribution in [0.15, 0.2) is 53.5 Å². The van der Waals surface area contributed by atoms with Gasteiger partial charge in [-0.05, 0) is 55.5 Å². The van der Waals surface area contributed by atoms with Gasteiger partial charge in [0, 0.05) is 18.7 Å². The zero-order valence-corrected chi connectivity index (χ0v) is 17.0. The van der Waals surface area contributed by atoms with Crippen molar-refractivity contribution < 1.29 is 11.0 Å². The Bertz CT molecular complexity index is 756. The molecule has 0 saturated carbocycles. The van der Waals surface area contributed by atoms with Crippen molar-refractivity contribution in [3.05, 3.63) is 59.7 Å².